The van der Waals surface area contributed by atoms with Crippen LogP contribution >= 0.6 is 35.5 Å². The van der Waals surface area contributed by atoms with Gasteiger partial charge in [-0.1, -0.05) is 29.5 Å². The molecule has 0 aromatic carbocycles. The predicted molar refractivity (Wildman–Crippen MR) is 68.3 cm³/mol. The summed E-state index contributed by atoms with van der Waals surface area (Å²) in [5, 5.41) is 12.7. The molecule has 3 nitrogen and oxygen atoms in total. The van der Waals surface area contributed by atoms with Crippen LogP contribution in [0.5, 0.6) is 0 Å². The van der Waals surface area contributed by atoms with E-state index in [0.29, 0.717) is 6.04 Å². The summed E-state index contributed by atoms with van der Waals surface area (Å²) in [5.41, 5.74) is 0. The number of piperidine rings is 1. The zero-order valence-corrected chi connectivity index (χ0v) is 11.2. The lowest BCUT2D eigenvalue weighted by Crippen LogP contribution is -2.35. The van der Waals surface area contributed by atoms with Gasteiger partial charge in [0, 0.05) is 11.8 Å². The van der Waals surface area contributed by atoms with Gasteiger partial charge in [-0.05, 0) is 26.3 Å². The average molecular weight is 266 g/mol. The maximum atomic E-state index is 4.10. The molecule has 1 N–H and O–H groups in total. The van der Waals surface area contributed by atoms with Gasteiger partial charge in [0.25, 0.3) is 0 Å². The lowest BCUT2D eigenvalue weighted by Gasteiger charge is -2.22. The van der Waals surface area contributed by atoms with E-state index in [4.69, 9.17) is 0 Å². The standard InChI is InChI=1S/C9H15N3S2.ClH/c1-7-11-12-9(14-7)13-6-8-4-2-3-5-10-8;/h8,10H,2-6H2,1H3;1H. The number of nitrogens with zero attached hydrogens (tertiary/aromatic N) is 2. The summed E-state index contributed by atoms with van der Waals surface area (Å²) >= 11 is 3.52. The van der Waals surface area contributed by atoms with Crippen LogP contribution in [0.15, 0.2) is 4.34 Å². The molecule has 1 saturated heterocycles. The van der Waals surface area contributed by atoms with Crippen molar-refractivity contribution in [2.75, 3.05) is 12.3 Å². The summed E-state index contributed by atoms with van der Waals surface area (Å²) < 4.78 is 1.11. The first-order valence-corrected chi connectivity index (χ1v) is 6.81. The van der Waals surface area contributed by atoms with Gasteiger partial charge in [0.15, 0.2) is 4.34 Å². The lowest BCUT2D eigenvalue weighted by atomic mass is 10.1. The summed E-state index contributed by atoms with van der Waals surface area (Å²) in [6.07, 6.45) is 4.01. The topological polar surface area (TPSA) is 37.8 Å². The minimum absolute atomic E-state index is 0. The van der Waals surface area contributed by atoms with E-state index in [1.807, 2.05) is 18.7 Å². The van der Waals surface area contributed by atoms with Crippen molar-refractivity contribution in [1.29, 1.82) is 0 Å². The first-order chi connectivity index (χ1) is 6.84. The minimum atomic E-state index is 0. The van der Waals surface area contributed by atoms with Crippen molar-refractivity contribution in [2.45, 2.75) is 36.6 Å². The van der Waals surface area contributed by atoms with E-state index in [9.17, 15) is 0 Å². The van der Waals surface area contributed by atoms with Crippen LogP contribution in [-0.2, 0) is 0 Å². The Morgan fingerprint density at radius 2 is 2.33 bits per heavy atom. The molecule has 1 aromatic heterocycles. The highest BCUT2D eigenvalue weighted by molar-refractivity contribution is 8.01. The second-order valence-electron chi connectivity index (χ2n) is 3.54. The van der Waals surface area contributed by atoms with Crippen molar-refractivity contribution in [1.82, 2.24) is 15.5 Å². The molecule has 0 amide bonds. The monoisotopic (exact) mass is 265 g/mol. The van der Waals surface area contributed by atoms with Crippen molar-refractivity contribution in [3.8, 4) is 0 Å². The zero-order chi connectivity index (χ0) is 9.80. The number of nitrogens with one attached hydrogen (secondary N) is 1. The number of hydrogen-bond acceptors (Lipinski definition) is 5. The Morgan fingerprint density at radius 1 is 1.47 bits per heavy atom. The lowest BCUT2D eigenvalue weighted by molar-refractivity contribution is 0.430. The first-order valence-electron chi connectivity index (χ1n) is 5.01. The third-order valence-electron chi connectivity index (χ3n) is 2.33. The summed E-state index contributed by atoms with van der Waals surface area (Å²) in [6.45, 7) is 3.18. The maximum absolute atomic E-state index is 4.10. The molecule has 1 fully saturated rings. The molecule has 0 saturated carbocycles. The zero-order valence-electron chi connectivity index (χ0n) is 8.73. The molecule has 0 radical (unpaired) electrons. The second-order valence-corrected chi connectivity index (χ2v) is 5.99. The summed E-state index contributed by atoms with van der Waals surface area (Å²) in [6, 6.07) is 0.679. The first kappa shape index (κ1) is 13.2. The third-order valence-corrected chi connectivity index (χ3v) is 4.46. The van der Waals surface area contributed by atoms with Crippen LogP contribution in [0.3, 0.4) is 0 Å². The van der Waals surface area contributed by atoms with E-state index in [0.717, 1.165) is 15.1 Å². The van der Waals surface area contributed by atoms with Crippen LogP contribution in [-0.4, -0.2) is 28.5 Å². The Morgan fingerprint density at radius 3 is 2.93 bits per heavy atom. The molecule has 86 valence electrons. The minimum Gasteiger partial charge on any atom is -0.313 e. The molecule has 0 aliphatic carbocycles. The molecule has 1 atom stereocenters. The molecule has 1 aliphatic heterocycles. The highest BCUT2D eigenvalue weighted by Crippen LogP contribution is 2.24. The summed E-state index contributed by atoms with van der Waals surface area (Å²) in [7, 11) is 0. The molecule has 1 aliphatic rings. The van der Waals surface area contributed by atoms with Crippen LogP contribution in [0.4, 0.5) is 0 Å². The van der Waals surface area contributed by atoms with Gasteiger partial charge in [0.05, 0.1) is 0 Å². The molecule has 0 spiro atoms. The van der Waals surface area contributed by atoms with E-state index in [2.05, 4.69) is 15.5 Å². The fourth-order valence-corrected chi connectivity index (χ4v) is 3.52. The Bertz CT molecular complexity index is 287. The molecular weight excluding hydrogens is 250 g/mol. The molecule has 2 rings (SSSR count). The number of aryl methyl sites for hydroxylation is 1. The third kappa shape index (κ3) is 4.26. The predicted octanol–water partition coefficient (Wildman–Crippen LogP) is 2.50. The molecule has 1 aromatic rings. The molecule has 6 heteroatoms. The van der Waals surface area contributed by atoms with Gasteiger partial charge in [0.1, 0.15) is 5.01 Å². The fourth-order valence-electron chi connectivity index (χ4n) is 1.57. The number of rotatable bonds is 3. The maximum Gasteiger partial charge on any atom is 0.174 e. The second kappa shape index (κ2) is 6.68. The molecule has 0 bridgehead atoms. The highest BCUT2D eigenvalue weighted by Gasteiger charge is 2.13. The number of thioether (sulfide) groups is 1. The fraction of sp³-hybridized carbons (Fsp3) is 0.778. The summed E-state index contributed by atoms with van der Waals surface area (Å²) in [5.74, 6) is 1.13. The summed E-state index contributed by atoms with van der Waals surface area (Å²) in [4.78, 5) is 0. The van der Waals surface area contributed by atoms with Crippen LogP contribution in [0, 0.1) is 6.92 Å². The van der Waals surface area contributed by atoms with Crippen molar-refractivity contribution in [3.05, 3.63) is 5.01 Å². The van der Waals surface area contributed by atoms with Crippen LogP contribution in [0.1, 0.15) is 24.3 Å². The van der Waals surface area contributed by atoms with Crippen molar-refractivity contribution in [3.63, 3.8) is 0 Å². The number of halogens is 1. The Labute approximate surface area is 105 Å². The van der Waals surface area contributed by atoms with Crippen LogP contribution in [0.25, 0.3) is 0 Å². The SMILES string of the molecule is Cc1nnc(SCC2CCCCN2)s1.Cl. The van der Waals surface area contributed by atoms with Gasteiger partial charge >= 0.3 is 0 Å². The van der Waals surface area contributed by atoms with Gasteiger partial charge in [-0.2, -0.15) is 0 Å². The van der Waals surface area contributed by atoms with Crippen molar-refractivity contribution >= 4 is 35.5 Å². The number of hydrogen-bond donors (Lipinski definition) is 1. The van der Waals surface area contributed by atoms with E-state index < -0.39 is 0 Å². The number of aromatic nitrogens is 2. The molecular formula is C9H16ClN3S2. The van der Waals surface area contributed by atoms with Crippen molar-refractivity contribution in [2.24, 2.45) is 0 Å². The molecule has 15 heavy (non-hydrogen) atoms. The van der Waals surface area contributed by atoms with E-state index >= 15 is 0 Å². The quantitative estimate of drug-likeness (QED) is 0.853. The van der Waals surface area contributed by atoms with Gasteiger partial charge in [-0.25, -0.2) is 0 Å². The van der Waals surface area contributed by atoms with Crippen molar-refractivity contribution < 1.29 is 0 Å². The van der Waals surface area contributed by atoms with Gasteiger partial charge in [-0.3, -0.25) is 0 Å². The largest absolute Gasteiger partial charge is 0.313 e. The Balaban J connectivity index is 0.00000112. The average Bonchev–Trinajstić information content (AvgIpc) is 2.63. The van der Waals surface area contributed by atoms with Gasteiger partial charge in [-0.15, -0.1) is 22.6 Å². The van der Waals surface area contributed by atoms with Crippen LogP contribution < -0.4 is 5.32 Å². The molecule has 1 unspecified atom stereocenters. The Hall–Kier alpha value is 0.160. The van der Waals surface area contributed by atoms with E-state index in [1.54, 1.807) is 11.3 Å². The van der Waals surface area contributed by atoms with Gasteiger partial charge < -0.3 is 5.32 Å². The van der Waals surface area contributed by atoms with Crippen LogP contribution in [0.2, 0.25) is 0 Å². The molecule has 2 heterocycles. The highest BCUT2D eigenvalue weighted by atomic mass is 35.5. The smallest absolute Gasteiger partial charge is 0.174 e. The van der Waals surface area contributed by atoms with E-state index in [1.165, 1.54) is 25.8 Å². The Kier molecular flexibility index (Phi) is 5.89. The van der Waals surface area contributed by atoms with Gasteiger partial charge in [0.2, 0.25) is 0 Å². The normalized spacial score (nSPS) is 21.0. The van der Waals surface area contributed by atoms with E-state index in [-0.39, 0.29) is 12.4 Å².